The molecule has 2 aromatic heterocycles. The summed E-state index contributed by atoms with van der Waals surface area (Å²) in [7, 11) is 0. The number of aromatic nitrogens is 4. The summed E-state index contributed by atoms with van der Waals surface area (Å²) in [5.74, 6) is 0.461. The number of rotatable bonds is 8. The standard InChI is InChI=1S/C23H23F2N7O2/c1-23(12-33)11-28-20-14(8-26)6-13(7-16(20)23)17-4-5-27-22(29-17)30-18-9-32(10-19(24)25)31-21(18)34-15-2-3-15/h4-7,9,15,19,28,33H,2-3,10-12H2,1H3,(H,27,29,30)/t23-/m1/s1. The monoisotopic (exact) mass is 467 g/mol. The first kappa shape index (κ1) is 22.0. The summed E-state index contributed by atoms with van der Waals surface area (Å²) in [5, 5.41) is 30.0. The predicted octanol–water partition coefficient (Wildman–Crippen LogP) is 3.44. The zero-order chi connectivity index (χ0) is 23.9. The van der Waals surface area contributed by atoms with Crippen LogP contribution < -0.4 is 15.4 Å². The molecule has 1 aliphatic heterocycles. The van der Waals surface area contributed by atoms with Gasteiger partial charge in [-0.05, 0) is 36.6 Å². The van der Waals surface area contributed by atoms with Gasteiger partial charge in [0.25, 0.3) is 12.3 Å². The molecule has 3 aromatic rings. The number of ether oxygens (including phenoxy) is 1. The van der Waals surface area contributed by atoms with Crippen LogP contribution in [0.5, 0.6) is 5.88 Å². The van der Waals surface area contributed by atoms with Crippen LogP contribution in [0.3, 0.4) is 0 Å². The van der Waals surface area contributed by atoms with E-state index in [4.69, 9.17) is 4.74 Å². The normalized spacial score (nSPS) is 18.9. The zero-order valence-electron chi connectivity index (χ0n) is 18.4. The number of halogens is 2. The number of fused-ring (bicyclic) bond motifs is 1. The molecule has 3 N–H and O–H groups in total. The van der Waals surface area contributed by atoms with Crippen LogP contribution in [0, 0.1) is 11.3 Å². The third kappa shape index (κ3) is 4.24. The van der Waals surface area contributed by atoms with Gasteiger partial charge in [0.1, 0.15) is 24.4 Å². The first-order valence-electron chi connectivity index (χ1n) is 10.9. The maximum Gasteiger partial charge on any atom is 0.257 e. The maximum atomic E-state index is 12.9. The van der Waals surface area contributed by atoms with Crippen molar-refractivity contribution in [3.8, 4) is 23.2 Å². The lowest BCUT2D eigenvalue weighted by molar-refractivity contribution is 0.121. The molecule has 0 unspecified atom stereocenters. The highest BCUT2D eigenvalue weighted by Gasteiger charge is 2.36. The van der Waals surface area contributed by atoms with Crippen molar-refractivity contribution < 1.29 is 18.6 Å². The van der Waals surface area contributed by atoms with Crippen LogP contribution >= 0.6 is 0 Å². The molecule has 1 aromatic carbocycles. The van der Waals surface area contributed by atoms with Crippen LogP contribution in [0.1, 0.15) is 30.9 Å². The quantitative estimate of drug-likeness (QED) is 0.461. The molecule has 0 amide bonds. The molecule has 9 nitrogen and oxygen atoms in total. The van der Waals surface area contributed by atoms with Gasteiger partial charge in [-0.2, -0.15) is 5.26 Å². The number of nitrogens with one attached hydrogen (secondary N) is 2. The number of benzene rings is 1. The SMILES string of the molecule is C[C@]1(CO)CNc2c(C#N)cc(-c3ccnc(Nc4cn(CC(F)F)nc4OC4CC4)n3)cc21. The van der Waals surface area contributed by atoms with E-state index in [1.54, 1.807) is 18.3 Å². The average Bonchev–Trinajstić information content (AvgIpc) is 3.48. The van der Waals surface area contributed by atoms with Gasteiger partial charge >= 0.3 is 0 Å². The lowest BCUT2D eigenvalue weighted by atomic mass is 9.83. The van der Waals surface area contributed by atoms with Crippen molar-refractivity contribution in [3.63, 3.8) is 0 Å². The van der Waals surface area contributed by atoms with Crippen LogP contribution in [-0.4, -0.2) is 50.5 Å². The van der Waals surface area contributed by atoms with E-state index >= 15 is 0 Å². The second-order valence-electron chi connectivity index (χ2n) is 8.80. The summed E-state index contributed by atoms with van der Waals surface area (Å²) in [6.45, 7) is 1.85. The number of aliphatic hydroxyl groups excluding tert-OH is 1. The molecule has 1 saturated carbocycles. The summed E-state index contributed by atoms with van der Waals surface area (Å²) >= 11 is 0. The van der Waals surface area contributed by atoms with Crippen LogP contribution in [0.4, 0.5) is 26.1 Å². The molecule has 0 bridgehead atoms. The fraction of sp³-hybridized carbons (Fsp3) is 0.391. The largest absolute Gasteiger partial charge is 0.472 e. The van der Waals surface area contributed by atoms with Crippen molar-refractivity contribution >= 4 is 17.3 Å². The smallest absolute Gasteiger partial charge is 0.257 e. The Balaban J connectivity index is 1.47. The number of hydrogen-bond acceptors (Lipinski definition) is 8. The van der Waals surface area contributed by atoms with E-state index in [0.717, 1.165) is 28.8 Å². The number of aliphatic hydroxyl groups is 1. The van der Waals surface area contributed by atoms with Crippen molar-refractivity contribution in [1.82, 2.24) is 19.7 Å². The molecule has 0 saturated heterocycles. The highest BCUT2D eigenvalue weighted by molar-refractivity contribution is 5.76. The first-order valence-corrected chi connectivity index (χ1v) is 10.9. The minimum absolute atomic E-state index is 0.0352. The summed E-state index contributed by atoms with van der Waals surface area (Å²) in [6.07, 6.45) is 2.30. The van der Waals surface area contributed by atoms with Gasteiger partial charge in [-0.25, -0.2) is 18.7 Å². The van der Waals surface area contributed by atoms with Gasteiger partial charge in [-0.1, -0.05) is 6.92 Å². The molecule has 0 spiro atoms. The summed E-state index contributed by atoms with van der Waals surface area (Å²) in [4.78, 5) is 8.81. The molecular formula is C23H23F2N7O2. The third-order valence-electron chi connectivity index (χ3n) is 5.97. The van der Waals surface area contributed by atoms with Crippen LogP contribution in [-0.2, 0) is 12.0 Å². The number of alkyl halides is 2. The second kappa shape index (κ2) is 8.53. The minimum atomic E-state index is -2.55. The number of nitriles is 1. The van der Waals surface area contributed by atoms with Crippen molar-refractivity contribution in [1.29, 1.82) is 5.26 Å². The van der Waals surface area contributed by atoms with Gasteiger partial charge in [0.15, 0.2) is 0 Å². The van der Waals surface area contributed by atoms with Gasteiger partial charge in [0.2, 0.25) is 5.95 Å². The summed E-state index contributed by atoms with van der Waals surface area (Å²) in [5.41, 5.74) is 3.19. The molecule has 3 heterocycles. The average molecular weight is 467 g/mol. The van der Waals surface area contributed by atoms with Crippen molar-refractivity contribution in [2.45, 2.75) is 44.3 Å². The Labute approximate surface area is 194 Å². The highest BCUT2D eigenvalue weighted by Crippen LogP contribution is 2.41. The molecule has 1 atom stereocenters. The van der Waals surface area contributed by atoms with Crippen LogP contribution in [0.25, 0.3) is 11.3 Å². The minimum Gasteiger partial charge on any atom is -0.472 e. The molecule has 0 radical (unpaired) electrons. The van der Waals surface area contributed by atoms with Crippen molar-refractivity contribution in [2.24, 2.45) is 0 Å². The van der Waals surface area contributed by atoms with E-state index in [0.29, 0.717) is 29.1 Å². The van der Waals surface area contributed by atoms with E-state index in [1.165, 1.54) is 6.20 Å². The Bertz CT molecular complexity index is 1270. The second-order valence-corrected chi connectivity index (χ2v) is 8.80. The van der Waals surface area contributed by atoms with Crippen molar-refractivity contribution in [3.05, 3.63) is 41.7 Å². The molecule has 2 aliphatic rings. The molecule has 1 fully saturated rings. The summed E-state index contributed by atoms with van der Waals surface area (Å²) < 4.78 is 32.6. The van der Waals surface area contributed by atoms with Crippen LogP contribution in [0.2, 0.25) is 0 Å². The number of anilines is 3. The predicted molar refractivity (Wildman–Crippen MR) is 120 cm³/mol. The van der Waals surface area contributed by atoms with Crippen LogP contribution in [0.15, 0.2) is 30.6 Å². The Kier molecular flexibility index (Phi) is 5.53. The van der Waals surface area contributed by atoms with Gasteiger partial charge < -0.3 is 20.5 Å². The highest BCUT2D eigenvalue weighted by atomic mass is 19.3. The molecule has 176 valence electrons. The van der Waals surface area contributed by atoms with E-state index in [-0.39, 0.29) is 24.5 Å². The lowest BCUT2D eigenvalue weighted by Gasteiger charge is -2.21. The fourth-order valence-electron chi connectivity index (χ4n) is 3.92. The Morgan fingerprint density at radius 3 is 2.94 bits per heavy atom. The van der Waals surface area contributed by atoms with E-state index < -0.39 is 18.4 Å². The zero-order valence-corrected chi connectivity index (χ0v) is 18.4. The van der Waals surface area contributed by atoms with Gasteiger partial charge in [0.05, 0.1) is 29.7 Å². The molecular weight excluding hydrogens is 444 g/mol. The van der Waals surface area contributed by atoms with E-state index in [9.17, 15) is 19.1 Å². The first-order chi connectivity index (χ1) is 16.4. The lowest BCUT2D eigenvalue weighted by Crippen LogP contribution is -2.28. The molecule has 5 rings (SSSR count). The van der Waals surface area contributed by atoms with E-state index in [1.807, 2.05) is 13.0 Å². The van der Waals surface area contributed by atoms with Gasteiger partial charge in [0, 0.05) is 23.7 Å². The fourth-order valence-corrected chi connectivity index (χ4v) is 3.92. The molecule has 1 aliphatic carbocycles. The molecule has 34 heavy (non-hydrogen) atoms. The Hall–Kier alpha value is -3.78. The maximum absolute atomic E-state index is 12.9. The number of nitrogens with zero attached hydrogens (tertiary/aromatic N) is 5. The number of hydrogen-bond donors (Lipinski definition) is 3. The Morgan fingerprint density at radius 2 is 2.24 bits per heavy atom. The van der Waals surface area contributed by atoms with Gasteiger partial charge in [-0.3, -0.25) is 4.68 Å². The van der Waals surface area contributed by atoms with Gasteiger partial charge in [-0.15, -0.1) is 5.10 Å². The molecule has 11 heteroatoms. The van der Waals surface area contributed by atoms with Crippen molar-refractivity contribution in [2.75, 3.05) is 23.8 Å². The topological polar surface area (TPSA) is 121 Å². The Morgan fingerprint density at radius 1 is 1.41 bits per heavy atom. The van der Waals surface area contributed by atoms with E-state index in [2.05, 4.69) is 31.8 Å². The third-order valence-corrected chi connectivity index (χ3v) is 5.97. The summed E-state index contributed by atoms with van der Waals surface area (Å²) in [6, 6.07) is 7.59.